The molecule has 0 aromatic heterocycles. The van der Waals surface area contributed by atoms with Gasteiger partial charge in [-0.15, -0.1) is 0 Å². The maximum Gasteiger partial charge on any atom is 0.472 e. The molecule has 0 heterocycles. The predicted molar refractivity (Wildman–Crippen MR) is 262 cm³/mol. The van der Waals surface area contributed by atoms with Crippen molar-refractivity contribution in [3.05, 3.63) is 146 Å². The molecule has 0 bridgehead atoms. The zero-order valence-electron chi connectivity index (χ0n) is 39.1. The highest BCUT2D eigenvalue weighted by atomic mass is 31.2. The molecule has 63 heavy (non-hydrogen) atoms. The minimum absolute atomic E-state index is 0.0273. The summed E-state index contributed by atoms with van der Waals surface area (Å²) in [5, 5.41) is 10.3. The summed E-state index contributed by atoms with van der Waals surface area (Å²) in [4.78, 5) is 35.4. The summed E-state index contributed by atoms with van der Waals surface area (Å²) >= 11 is 0. The molecule has 0 aromatic rings. The van der Waals surface area contributed by atoms with Gasteiger partial charge in [0.2, 0.25) is 0 Å². The van der Waals surface area contributed by atoms with Crippen LogP contribution < -0.4 is 0 Å². The van der Waals surface area contributed by atoms with E-state index in [1.165, 1.54) is 0 Å². The van der Waals surface area contributed by atoms with Gasteiger partial charge in [-0.25, -0.2) is 4.57 Å². The fourth-order valence-electron chi connectivity index (χ4n) is 4.97. The maximum absolute atomic E-state index is 12.7. The number of aliphatic hydroxyl groups excluding tert-OH is 1. The first-order valence-electron chi connectivity index (χ1n) is 22.7. The highest BCUT2D eigenvalue weighted by Gasteiger charge is 2.27. The molecule has 0 fully saturated rings. The van der Waals surface area contributed by atoms with Gasteiger partial charge in [-0.2, -0.15) is 0 Å². The van der Waals surface area contributed by atoms with E-state index in [1.54, 1.807) is 12.2 Å². The topological polar surface area (TPSA) is 129 Å². The molecular weight excluding hydrogens is 814 g/mol. The number of carbonyl (C=O) groups is 2. The Morgan fingerprint density at radius 3 is 1.43 bits per heavy atom. The van der Waals surface area contributed by atoms with E-state index in [2.05, 4.69) is 123 Å². The van der Waals surface area contributed by atoms with Gasteiger partial charge in [-0.1, -0.05) is 160 Å². The molecule has 0 radical (unpaired) electrons. The second kappa shape index (κ2) is 41.8. The Balaban J connectivity index is 4.72. The van der Waals surface area contributed by atoms with Crippen LogP contribution in [0.5, 0.6) is 0 Å². The highest BCUT2D eigenvalue weighted by molar-refractivity contribution is 7.47. The van der Waals surface area contributed by atoms with Gasteiger partial charge in [-0.3, -0.25) is 18.6 Å². The van der Waals surface area contributed by atoms with Crippen molar-refractivity contribution < 1.29 is 47.2 Å². The summed E-state index contributed by atoms with van der Waals surface area (Å²) in [6.07, 6.45) is 58.2. The number of ether oxygens (including phenoxy) is 2. The van der Waals surface area contributed by atoms with Gasteiger partial charge in [0.1, 0.15) is 19.8 Å². The normalized spacial score (nSPS) is 15.3. The SMILES string of the molecule is CC/C=C\C/C=C\C/C=C\C/C=C\C/C=C\C=C/C(O)CCC(=O)OC[C@H](COP(=O)(O)OCC[N+](C)(C)C)OC(=O)CC/C=C\C/C=C\C/C=C\C/C=C\C/C=C\C/C=C\CC. The predicted octanol–water partition coefficient (Wildman–Crippen LogP) is 12.2. The summed E-state index contributed by atoms with van der Waals surface area (Å²) in [6.45, 7) is 3.78. The number of allylic oxidation sites excluding steroid dienone is 23. The molecule has 0 saturated carbocycles. The molecule has 0 spiro atoms. The maximum atomic E-state index is 12.7. The molecule has 10 nitrogen and oxygen atoms in total. The lowest BCUT2D eigenvalue weighted by molar-refractivity contribution is -0.870. The first-order chi connectivity index (χ1) is 30.4. The molecule has 0 aliphatic rings. The number of hydrogen-bond acceptors (Lipinski definition) is 8. The van der Waals surface area contributed by atoms with E-state index in [4.69, 9.17) is 18.5 Å². The Morgan fingerprint density at radius 1 is 0.556 bits per heavy atom. The van der Waals surface area contributed by atoms with Gasteiger partial charge >= 0.3 is 19.8 Å². The van der Waals surface area contributed by atoms with Crippen LogP contribution >= 0.6 is 7.82 Å². The quantitative estimate of drug-likeness (QED) is 0.0205. The van der Waals surface area contributed by atoms with Gasteiger partial charge in [0.15, 0.2) is 6.10 Å². The van der Waals surface area contributed by atoms with Crippen molar-refractivity contribution in [1.29, 1.82) is 0 Å². The number of likely N-dealkylation sites (N-methyl/N-ethyl adjacent to an activating group) is 1. The van der Waals surface area contributed by atoms with Crippen molar-refractivity contribution in [2.45, 2.75) is 122 Å². The van der Waals surface area contributed by atoms with Crippen molar-refractivity contribution in [2.24, 2.45) is 0 Å². The molecule has 2 N–H and O–H groups in total. The van der Waals surface area contributed by atoms with Gasteiger partial charge in [0.05, 0.1) is 33.9 Å². The Hall–Kier alpha value is -4.15. The number of carbonyl (C=O) groups excluding carboxylic acids is 2. The lowest BCUT2D eigenvalue weighted by Crippen LogP contribution is -2.37. The number of hydrogen-bond donors (Lipinski definition) is 2. The second-order valence-corrected chi connectivity index (χ2v) is 17.0. The summed E-state index contributed by atoms with van der Waals surface area (Å²) in [5.41, 5.74) is 0. The Bertz CT molecular complexity index is 1590. The fourth-order valence-corrected chi connectivity index (χ4v) is 5.71. The third-order valence-corrected chi connectivity index (χ3v) is 9.48. The summed E-state index contributed by atoms with van der Waals surface area (Å²) in [6, 6.07) is 0. The molecular formula is C52H81NO9P+. The zero-order valence-corrected chi connectivity index (χ0v) is 40.0. The van der Waals surface area contributed by atoms with E-state index in [1.807, 2.05) is 45.4 Å². The first-order valence-corrected chi connectivity index (χ1v) is 24.2. The van der Waals surface area contributed by atoms with Crippen LogP contribution in [0.2, 0.25) is 0 Å². The second-order valence-electron chi connectivity index (χ2n) is 15.5. The third-order valence-electron chi connectivity index (χ3n) is 8.50. The number of aliphatic hydroxyl groups is 1. The molecule has 3 atom stereocenters. The molecule has 0 amide bonds. The Kier molecular flexibility index (Phi) is 39.1. The van der Waals surface area contributed by atoms with E-state index < -0.39 is 45.2 Å². The van der Waals surface area contributed by atoms with E-state index in [0.717, 1.165) is 70.6 Å². The average molecular weight is 895 g/mol. The van der Waals surface area contributed by atoms with Gasteiger partial charge in [-0.05, 0) is 83.5 Å². The van der Waals surface area contributed by atoms with Gasteiger partial charge in [0, 0.05) is 12.8 Å². The van der Waals surface area contributed by atoms with Crippen LogP contribution in [0.4, 0.5) is 0 Å². The fraction of sp³-hybridized carbons (Fsp3) is 0.500. The Morgan fingerprint density at radius 2 is 0.984 bits per heavy atom. The van der Waals surface area contributed by atoms with Crippen molar-refractivity contribution in [1.82, 2.24) is 0 Å². The van der Waals surface area contributed by atoms with E-state index in [-0.39, 0.29) is 25.9 Å². The van der Waals surface area contributed by atoms with Crippen LogP contribution in [0.25, 0.3) is 0 Å². The van der Waals surface area contributed by atoms with Crippen LogP contribution in [0.15, 0.2) is 146 Å². The monoisotopic (exact) mass is 895 g/mol. The molecule has 0 aliphatic carbocycles. The molecule has 352 valence electrons. The number of phosphoric ester groups is 1. The third kappa shape index (κ3) is 45.7. The van der Waals surface area contributed by atoms with Crippen molar-refractivity contribution >= 4 is 19.8 Å². The van der Waals surface area contributed by atoms with Gasteiger partial charge < -0.3 is 24.0 Å². The lowest BCUT2D eigenvalue weighted by Gasteiger charge is -2.24. The number of rotatable bonds is 38. The molecule has 0 saturated heterocycles. The summed E-state index contributed by atoms with van der Waals surface area (Å²) in [5.74, 6) is -1.20. The van der Waals surface area contributed by atoms with Crippen molar-refractivity contribution in [3.63, 3.8) is 0 Å². The molecule has 0 aromatic carbocycles. The largest absolute Gasteiger partial charge is 0.472 e. The summed E-state index contributed by atoms with van der Waals surface area (Å²) < 4.78 is 34.0. The highest BCUT2D eigenvalue weighted by Crippen LogP contribution is 2.43. The number of phosphoric acid groups is 1. The van der Waals surface area contributed by atoms with Crippen molar-refractivity contribution in [2.75, 3.05) is 47.5 Å². The molecule has 2 unspecified atom stereocenters. The molecule has 0 rings (SSSR count). The minimum atomic E-state index is -4.47. The van der Waals surface area contributed by atoms with Crippen LogP contribution in [0.1, 0.15) is 110 Å². The number of nitrogens with zero attached hydrogens (tertiary/aromatic N) is 1. The molecule has 0 aliphatic heterocycles. The minimum Gasteiger partial charge on any atom is -0.462 e. The van der Waals surface area contributed by atoms with E-state index in [0.29, 0.717) is 17.4 Å². The van der Waals surface area contributed by atoms with Crippen LogP contribution in [-0.4, -0.2) is 86.1 Å². The summed E-state index contributed by atoms with van der Waals surface area (Å²) in [7, 11) is 1.28. The Labute approximate surface area is 381 Å². The van der Waals surface area contributed by atoms with Crippen LogP contribution in [0, 0.1) is 0 Å². The average Bonchev–Trinajstić information content (AvgIpc) is 3.24. The van der Waals surface area contributed by atoms with E-state index >= 15 is 0 Å². The van der Waals surface area contributed by atoms with Gasteiger partial charge in [0.25, 0.3) is 0 Å². The van der Waals surface area contributed by atoms with E-state index in [9.17, 15) is 24.2 Å². The zero-order chi connectivity index (χ0) is 46.5. The lowest BCUT2D eigenvalue weighted by atomic mass is 10.2. The molecule has 11 heteroatoms. The smallest absolute Gasteiger partial charge is 0.462 e. The first kappa shape index (κ1) is 58.9. The van der Waals surface area contributed by atoms with Crippen LogP contribution in [-0.2, 0) is 32.7 Å². The van der Waals surface area contributed by atoms with Crippen LogP contribution in [0.3, 0.4) is 0 Å². The number of esters is 2. The number of quaternary nitrogens is 1. The van der Waals surface area contributed by atoms with Crippen molar-refractivity contribution in [3.8, 4) is 0 Å². The standard InChI is InChI=1S/C52H80NO9P/c1-6-8-10-12-14-16-18-20-22-24-25-26-28-30-32-34-36-38-40-42-52(56)62-50(48-61-63(57,58)60-46-45-53(3,4)5)47-59-51(55)44-43-49(54)41-39-37-35-33-31-29-27-23-21-19-17-15-13-11-9-7-2/h8-11,14-17,20-23,25-26,29-32,35-39,41,49-50,54H,6-7,12-13,18-19,24,27-28,33-34,40,42-48H2,1-5H3/p+1/b10-8-,11-9-,16-14-,17-15-,22-20-,23-21-,26-25-,31-29-,32-30-,37-35-,38-36-,41-39-/t49?,50-/m1/s1.